The highest BCUT2D eigenvalue weighted by atomic mass is 32.2. The lowest BCUT2D eigenvalue weighted by atomic mass is 10.3. The van der Waals surface area contributed by atoms with Gasteiger partial charge >= 0.3 is 0 Å². The molecule has 14 heavy (non-hydrogen) atoms. The van der Waals surface area contributed by atoms with Crippen molar-refractivity contribution in [3.8, 4) is 0 Å². The predicted octanol–water partition coefficient (Wildman–Crippen LogP) is -0.870. The number of aromatic amines is 1. The van der Waals surface area contributed by atoms with Gasteiger partial charge in [0.1, 0.15) is 0 Å². The summed E-state index contributed by atoms with van der Waals surface area (Å²) in [5.74, 6) is -0.274. The quantitative estimate of drug-likeness (QED) is 0.600. The molecule has 0 fully saturated rings. The van der Waals surface area contributed by atoms with E-state index in [0.29, 0.717) is 0 Å². The monoisotopic (exact) mass is 219 g/mol. The number of nitrogens with zero attached hydrogens (tertiary/aromatic N) is 1. The van der Waals surface area contributed by atoms with E-state index in [9.17, 15) is 8.42 Å². The van der Waals surface area contributed by atoms with E-state index in [1.807, 2.05) is 6.92 Å². The molecule has 0 saturated carbocycles. The highest BCUT2D eigenvalue weighted by Gasteiger charge is 2.09. The van der Waals surface area contributed by atoms with Gasteiger partial charge in [-0.25, -0.2) is 13.1 Å². The van der Waals surface area contributed by atoms with Crippen LogP contribution >= 0.6 is 0 Å². The molecule has 1 aromatic heterocycles. The zero-order chi connectivity index (χ0) is 10.6. The van der Waals surface area contributed by atoms with E-state index >= 15 is 0 Å². The Morgan fingerprint density at radius 3 is 2.86 bits per heavy atom. The molecule has 0 aromatic carbocycles. The van der Waals surface area contributed by atoms with Crippen molar-refractivity contribution >= 4 is 10.0 Å². The molecule has 0 bridgehead atoms. The van der Waals surface area contributed by atoms with Gasteiger partial charge in [-0.05, 0) is 6.92 Å². The maximum absolute atomic E-state index is 11.1. The Labute approximate surface area is 82.4 Å². The summed E-state index contributed by atoms with van der Waals surface area (Å²) in [6.07, 6.45) is 1.57. The second-order valence-electron chi connectivity index (χ2n) is 2.88. The smallest absolute Gasteiger partial charge is 0.214 e. The highest BCUT2D eigenvalue weighted by molar-refractivity contribution is 7.89. The van der Waals surface area contributed by atoms with Crippen molar-refractivity contribution in [1.82, 2.24) is 14.9 Å². The summed E-state index contributed by atoms with van der Waals surface area (Å²) in [5, 5.41) is 14.9. The van der Waals surface area contributed by atoms with Gasteiger partial charge in [-0.1, -0.05) is 0 Å². The molecule has 0 aliphatic rings. The molecule has 0 spiro atoms. The van der Waals surface area contributed by atoms with Gasteiger partial charge in [0, 0.05) is 17.8 Å². The van der Waals surface area contributed by atoms with Crippen LogP contribution in [0.5, 0.6) is 0 Å². The molecule has 1 heterocycles. The van der Waals surface area contributed by atoms with Crippen LogP contribution < -0.4 is 4.72 Å². The van der Waals surface area contributed by atoms with Crippen molar-refractivity contribution < 1.29 is 13.5 Å². The molecule has 7 heteroatoms. The zero-order valence-electron chi connectivity index (χ0n) is 7.82. The van der Waals surface area contributed by atoms with Crippen LogP contribution in [0.2, 0.25) is 0 Å². The molecular weight excluding hydrogens is 206 g/mol. The van der Waals surface area contributed by atoms with E-state index in [0.717, 1.165) is 11.3 Å². The molecule has 0 radical (unpaired) electrons. The standard InChI is InChI=1S/C7H13N3O3S/c1-6-7(4-8-10-6)5-9-14(12,13)3-2-11/h4,9,11H,2-3,5H2,1H3,(H,8,10). The molecule has 0 amide bonds. The number of nitrogens with one attached hydrogen (secondary N) is 2. The number of sulfonamides is 1. The second kappa shape index (κ2) is 4.54. The summed E-state index contributed by atoms with van der Waals surface area (Å²) in [6.45, 7) is 1.63. The molecule has 0 aliphatic heterocycles. The van der Waals surface area contributed by atoms with Gasteiger partial charge in [-0.2, -0.15) is 5.10 Å². The molecule has 80 valence electrons. The van der Waals surface area contributed by atoms with Crippen LogP contribution in [0, 0.1) is 6.92 Å². The van der Waals surface area contributed by atoms with Gasteiger partial charge in [-0.15, -0.1) is 0 Å². The summed E-state index contributed by atoms with van der Waals surface area (Å²) in [7, 11) is -3.37. The number of rotatable bonds is 5. The van der Waals surface area contributed by atoms with E-state index in [1.54, 1.807) is 6.20 Å². The van der Waals surface area contributed by atoms with E-state index in [1.165, 1.54) is 0 Å². The van der Waals surface area contributed by atoms with Gasteiger partial charge in [0.2, 0.25) is 10.0 Å². The average Bonchev–Trinajstić information content (AvgIpc) is 2.48. The van der Waals surface area contributed by atoms with Crippen LogP contribution in [0.15, 0.2) is 6.20 Å². The van der Waals surface area contributed by atoms with Gasteiger partial charge in [0.05, 0.1) is 18.6 Å². The third kappa shape index (κ3) is 3.09. The maximum Gasteiger partial charge on any atom is 0.214 e. The van der Waals surface area contributed by atoms with Crippen molar-refractivity contribution in [1.29, 1.82) is 0 Å². The van der Waals surface area contributed by atoms with E-state index < -0.39 is 10.0 Å². The normalized spacial score (nSPS) is 11.9. The Bertz CT molecular complexity index is 385. The van der Waals surface area contributed by atoms with Crippen molar-refractivity contribution in [3.63, 3.8) is 0 Å². The Kier molecular flexibility index (Phi) is 3.62. The fourth-order valence-corrected chi connectivity index (χ4v) is 1.69. The zero-order valence-corrected chi connectivity index (χ0v) is 8.63. The average molecular weight is 219 g/mol. The van der Waals surface area contributed by atoms with Crippen LogP contribution in [0.1, 0.15) is 11.3 Å². The number of aryl methyl sites for hydroxylation is 1. The molecule has 0 atom stereocenters. The fraction of sp³-hybridized carbons (Fsp3) is 0.571. The number of aliphatic hydroxyl groups is 1. The summed E-state index contributed by atoms with van der Waals surface area (Å²) in [4.78, 5) is 0. The van der Waals surface area contributed by atoms with Gasteiger partial charge < -0.3 is 5.11 Å². The first-order valence-electron chi connectivity index (χ1n) is 4.12. The molecule has 1 aromatic rings. The van der Waals surface area contributed by atoms with E-state index in [-0.39, 0.29) is 18.9 Å². The SMILES string of the molecule is Cc1[nH]ncc1CNS(=O)(=O)CCO. The van der Waals surface area contributed by atoms with Gasteiger partial charge in [0.15, 0.2) is 0 Å². The minimum absolute atomic E-state index is 0.199. The number of hydrogen-bond donors (Lipinski definition) is 3. The second-order valence-corrected chi connectivity index (χ2v) is 4.81. The van der Waals surface area contributed by atoms with Crippen molar-refractivity contribution in [2.75, 3.05) is 12.4 Å². The third-order valence-corrected chi connectivity index (χ3v) is 3.08. The van der Waals surface area contributed by atoms with Crippen molar-refractivity contribution in [2.24, 2.45) is 0 Å². The lowest BCUT2D eigenvalue weighted by molar-refractivity contribution is 0.319. The number of hydrogen-bond acceptors (Lipinski definition) is 4. The molecule has 0 aliphatic carbocycles. The summed E-state index contributed by atoms with van der Waals surface area (Å²) in [6, 6.07) is 0. The van der Waals surface area contributed by atoms with Crippen LogP contribution in [0.25, 0.3) is 0 Å². The lowest BCUT2D eigenvalue weighted by Crippen LogP contribution is -2.27. The summed E-state index contributed by atoms with van der Waals surface area (Å²) in [5.41, 5.74) is 1.63. The topological polar surface area (TPSA) is 95.1 Å². The highest BCUT2D eigenvalue weighted by Crippen LogP contribution is 2.02. The minimum Gasteiger partial charge on any atom is -0.395 e. The van der Waals surface area contributed by atoms with Gasteiger partial charge in [0.25, 0.3) is 0 Å². The van der Waals surface area contributed by atoms with Crippen LogP contribution in [-0.4, -0.2) is 36.1 Å². The molecular formula is C7H13N3O3S. The largest absolute Gasteiger partial charge is 0.395 e. The predicted molar refractivity (Wildman–Crippen MR) is 51.0 cm³/mol. The van der Waals surface area contributed by atoms with Gasteiger partial charge in [-0.3, -0.25) is 5.10 Å². The first kappa shape index (κ1) is 11.2. The van der Waals surface area contributed by atoms with Crippen LogP contribution in [0.3, 0.4) is 0 Å². The van der Waals surface area contributed by atoms with E-state index in [4.69, 9.17) is 5.11 Å². The number of H-pyrrole nitrogens is 1. The first-order valence-corrected chi connectivity index (χ1v) is 5.77. The van der Waals surface area contributed by atoms with Crippen LogP contribution in [-0.2, 0) is 16.6 Å². The summed E-state index contributed by atoms with van der Waals surface area (Å²) >= 11 is 0. The molecule has 0 unspecified atom stereocenters. The summed E-state index contributed by atoms with van der Waals surface area (Å²) < 4.78 is 24.6. The van der Waals surface area contributed by atoms with Crippen molar-refractivity contribution in [2.45, 2.75) is 13.5 Å². The maximum atomic E-state index is 11.1. The number of aliphatic hydroxyl groups excluding tert-OH is 1. The molecule has 1 rings (SSSR count). The van der Waals surface area contributed by atoms with Crippen molar-refractivity contribution in [3.05, 3.63) is 17.5 Å². The first-order chi connectivity index (χ1) is 6.55. The molecule has 3 N–H and O–H groups in total. The Balaban J connectivity index is 2.53. The number of aromatic nitrogens is 2. The minimum atomic E-state index is -3.37. The lowest BCUT2D eigenvalue weighted by Gasteiger charge is -2.03. The Morgan fingerprint density at radius 1 is 1.64 bits per heavy atom. The Morgan fingerprint density at radius 2 is 2.36 bits per heavy atom. The van der Waals surface area contributed by atoms with E-state index in [2.05, 4.69) is 14.9 Å². The Hall–Kier alpha value is -0.920. The molecule has 6 nitrogen and oxygen atoms in total. The fourth-order valence-electron chi connectivity index (χ4n) is 0.934. The third-order valence-electron chi connectivity index (χ3n) is 1.78. The molecule has 0 saturated heterocycles. The van der Waals surface area contributed by atoms with Crippen LogP contribution in [0.4, 0.5) is 0 Å².